The van der Waals surface area contributed by atoms with E-state index >= 15 is 0 Å². The van der Waals surface area contributed by atoms with E-state index in [1.807, 2.05) is 12.1 Å². The van der Waals surface area contributed by atoms with E-state index in [2.05, 4.69) is 32.3 Å². The molecule has 0 radical (unpaired) electrons. The first kappa shape index (κ1) is 24.7. The Bertz CT molecular complexity index is 1170. The van der Waals surface area contributed by atoms with Crippen LogP contribution in [0.25, 0.3) is 10.6 Å². The maximum absolute atomic E-state index is 13.4. The molecule has 0 aromatic carbocycles. The number of likely N-dealkylation sites (tertiary alicyclic amines) is 1. The van der Waals surface area contributed by atoms with Crippen LogP contribution in [0.5, 0.6) is 0 Å². The Hall–Kier alpha value is -2.60. The SMILES string of the molecule is C[C@H]1CN(C2OC2[C@@H](NC(=O)c2nnc(-c3ccncc3)s2)C2CCCCC2)C2(C=N)CCOC12C=N. The number of pyridine rings is 1. The van der Waals surface area contributed by atoms with Gasteiger partial charge in [0.1, 0.15) is 22.9 Å². The Morgan fingerprint density at radius 1 is 1.22 bits per heavy atom. The summed E-state index contributed by atoms with van der Waals surface area (Å²) in [4.78, 5) is 19.6. The van der Waals surface area contributed by atoms with Gasteiger partial charge < -0.3 is 25.6 Å². The number of rotatable bonds is 8. The van der Waals surface area contributed by atoms with Gasteiger partial charge in [-0.15, -0.1) is 10.2 Å². The molecule has 4 aliphatic rings. The highest BCUT2D eigenvalue weighted by Gasteiger charge is 2.70. The molecule has 1 amide bonds. The minimum atomic E-state index is -0.801. The van der Waals surface area contributed by atoms with Crippen LogP contribution in [0.1, 0.15) is 55.3 Å². The minimum absolute atomic E-state index is 0.0645. The van der Waals surface area contributed by atoms with Gasteiger partial charge in [0.05, 0.1) is 18.2 Å². The van der Waals surface area contributed by atoms with E-state index in [1.165, 1.54) is 30.2 Å². The Morgan fingerprint density at radius 3 is 2.73 bits per heavy atom. The van der Waals surface area contributed by atoms with E-state index in [0.717, 1.165) is 31.2 Å². The van der Waals surface area contributed by atoms with Gasteiger partial charge in [-0.2, -0.15) is 0 Å². The van der Waals surface area contributed by atoms with Gasteiger partial charge in [0.15, 0.2) is 0 Å². The number of amides is 1. The molecular formula is C26H33N7O3S. The molecule has 1 aliphatic carbocycles. The molecule has 6 atom stereocenters. The first-order chi connectivity index (χ1) is 18.0. The molecule has 11 heteroatoms. The maximum atomic E-state index is 13.4. The molecule has 4 fully saturated rings. The molecule has 4 unspecified atom stereocenters. The lowest BCUT2D eigenvalue weighted by Crippen LogP contribution is -2.59. The molecule has 3 saturated heterocycles. The number of ether oxygens (including phenoxy) is 2. The zero-order valence-electron chi connectivity index (χ0n) is 20.9. The van der Waals surface area contributed by atoms with E-state index in [0.29, 0.717) is 35.5 Å². The van der Waals surface area contributed by atoms with Gasteiger partial charge in [-0.25, -0.2) is 0 Å². The summed E-state index contributed by atoms with van der Waals surface area (Å²) < 4.78 is 12.5. The second-order valence-corrected chi connectivity index (χ2v) is 11.7. The van der Waals surface area contributed by atoms with Crippen LogP contribution in [0.3, 0.4) is 0 Å². The van der Waals surface area contributed by atoms with Crippen molar-refractivity contribution in [2.75, 3.05) is 13.2 Å². The Morgan fingerprint density at radius 2 is 2.00 bits per heavy atom. The fourth-order valence-corrected chi connectivity index (χ4v) is 7.62. The van der Waals surface area contributed by atoms with Crippen LogP contribution in [0.2, 0.25) is 0 Å². The van der Waals surface area contributed by atoms with Gasteiger partial charge in [-0.1, -0.05) is 37.5 Å². The highest BCUT2D eigenvalue weighted by molar-refractivity contribution is 7.16. The van der Waals surface area contributed by atoms with E-state index < -0.39 is 11.1 Å². The monoisotopic (exact) mass is 523 g/mol. The summed E-state index contributed by atoms with van der Waals surface area (Å²) in [6, 6.07) is 3.56. The average molecular weight is 524 g/mol. The third-order valence-corrected chi connectivity index (χ3v) is 9.80. The number of aromatic nitrogens is 3. The van der Waals surface area contributed by atoms with Crippen molar-refractivity contribution in [3.05, 3.63) is 29.5 Å². The lowest BCUT2D eigenvalue weighted by Gasteiger charge is -2.39. The quantitative estimate of drug-likeness (QED) is 0.357. The fraction of sp³-hybridized carbons (Fsp3) is 0.615. The van der Waals surface area contributed by atoms with Crippen LogP contribution >= 0.6 is 11.3 Å². The van der Waals surface area contributed by atoms with Crippen molar-refractivity contribution >= 4 is 29.7 Å². The van der Waals surface area contributed by atoms with Gasteiger partial charge in [0.2, 0.25) is 5.01 Å². The summed E-state index contributed by atoms with van der Waals surface area (Å²) in [5, 5.41) is 29.3. The van der Waals surface area contributed by atoms with Crippen LogP contribution in [-0.4, -0.2) is 81.1 Å². The third-order valence-electron chi connectivity index (χ3n) is 8.83. The van der Waals surface area contributed by atoms with Crippen LogP contribution in [0.4, 0.5) is 0 Å². The molecule has 2 aromatic heterocycles. The normalized spacial score (nSPS) is 34.6. The number of carbonyl (C=O) groups is 1. The zero-order valence-corrected chi connectivity index (χ0v) is 21.7. The molecule has 2 aromatic rings. The first-order valence-electron chi connectivity index (χ1n) is 13.2. The molecule has 3 N–H and O–H groups in total. The van der Waals surface area contributed by atoms with Crippen LogP contribution < -0.4 is 5.32 Å². The van der Waals surface area contributed by atoms with Gasteiger partial charge in [-0.05, 0) is 37.3 Å². The average Bonchev–Trinajstić information content (AvgIpc) is 3.28. The van der Waals surface area contributed by atoms with Crippen molar-refractivity contribution in [1.82, 2.24) is 25.4 Å². The number of hydrogen-bond donors (Lipinski definition) is 3. The summed E-state index contributed by atoms with van der Waals surface area (Å²) in [7, 11) is 0. The standard InChI is InChI=1S/C26H33N7O3S/c1-16-13-33(25(14-27)9-12-35-26(16,25)15-28)24-20(36-24)19(17-5-3-2-4-6-17)30-21(34)23-32-31-22(37-23)18-7-10-29-11-8-18/h7-8,10-11,14-17,19-20,24,27-28H,2-6,9,12-13H2,1H3,(H,30,34)/t16-,19-,20?,24?,25?,26?/m0/s1. The van der Waals surface area contributed by atoms with E-state index in [4.69, 9.17) is 20.3 Å². The highest BCUT2D eigenvalue weighted by atomic mass is 32.1. The van der Waals surface area contributed by atoms with Crippen molar-refractivity contribution in [2.24, 2.45) is 11.8 Å². The maximum Gasteiger partial charge on any atom is 0.282 e. The summed E-state index contributed by atoms with van der Waals surface area (Å²) in [5.41, 5.74) is -0.604. The fourth-order valence-electron chi connectivity index (χ4n) is 6.86. The van der Waals surface area contributed by atoms with Gasteiger partial charge in [0.25, 0.3) is 5.91 Å². The van der Waals surface area contributed by atoms with Crippen molar-refractivity contribution < 1.29 is 14.3 Å². The number of nitrogens with one attached hydrogen (secondary N) is 3. The number of hydrogen-bond acceptors (Lipinski definition) is 10. The predicted molar refractivity (Wildman–Crippen MR) is 139 cm³/mol. The van der Waals surface area contributed by atoms with Crippen molar-refractivity contribution in [2.45, 2.75) is 75.0 Å². The summed E-state index contributed by atoms with van der Waals surface area (Å²) >= 11 is 1.27. The molecule has 0 bridgehead atoms. The van der Waals surface area contributed by atoms with Gasteiger partial charge in [-0.3, -0.25) is 14.7 Å². The number of nitrogens with zero attached hydrogens (tertiary/aromatic N) is 4. The summed E-state index contributed by atoms with van der Waals surface area (Å²) in [6.45, 7) is 3.29. The molecule has 1 saturated carbocycles. The molecule has 37 heavy (non-hydrogen) atoms. The molecule has 196 valence electrons. The van der Waals surface area contributed by atoms with Gasteiger partial charge >= 0.3 is 0 Å². The Labute approximate surface area is 220 Å². The van der Waals surface area contributed by atoms with Crippen molar-refractivity contribution in [3.63, 3.8) is 0 Å². The summed E-state index contributed by atoms with van der Waals surface area (Å²) in [5.74, 6) is 0.162. The van der Waals surface area contributed by atoms with Crippen molar-refractivity contribution in [1.29, 1.82) is 10.8 Å². The zero-order chi connectivity index (χ0) is 25.6. The lowest BCUT2D eigenvalue weighted by atomic mass is 9.77. The van der Waals surface area contributed by atoms with Crippen LogP contribution in [0, 0.1) is 22.7 Å². The molecule has 5 heterocycles. The van der Waals surface area contributed by atoms with Crippen LogP contribution in [0.15, 0.2) is 24.5 Å². The molecule has 6 rings (SSSR count). The molecular weight excluding hydrogens is 490 g/mol. The molecule has 0 spiro atoms. The summed E-state index contributed by atoms with van der Waals surface area (Å²) in [6.07, 6.45) is 12.1. The Kier molecular flexibility index (Phi) is 6.42. The number of epoxide rings is 1. The number of carbonyl (C=O) groups excluding carboxylic acids is 1. The first-order valence-corrected chi connectivity index (χ1v) is 14.0. The topological polar surface area (TPSA) is 140 Å². The molecule has 10 nitrogen and oxygen atoms in total. The number of fused-ring (bicyclic) bond motifs is 1. The second-order valence-electron chi connectivity index (χ2n) is 10.7. The van der Waals surface area contributed by atoms with E-state index in [9.17, 15) is 4.79 Å². The minimum Gasteiger partial charge on any atom is -0.367 e. The van der Waals surface area contributed by atoms with E-state index in [-0.39, 0.29) is 30.2 Å². The lowest BCUT2D eigenvalue weighted by molar-refractivity contribution is 0.0161. The van der Waals surface area contributed by atoms with Crippen molar-refractivity contribution in [3.8, 4) is 10.6 Å². The smallest absolute Gasteiger partial charge is 0.282 e. The Balaban J connectivity index is 1.23. The van der Waals surface area contributed by atoms with Crippen LogP contribution in [-0.2, 0) is 9.47 Å². The van der Waals surface area contributed by atoms with Gasteiger partial charge in [0, 0.05) is 42.8 Å². The largest absolute Gasteiger partial charge is 0.367 e. The van der Waals surface area contributed by atoms with E-state index in [1.54, 1.807) is 12.4 Å². The molecule has 3 aliphatic heterocycles. The highest BCUT2D eigenvalue weighted by Crippen LogP contribution is 2.53. The second kappa shape index (κ2) is 9.61. The third kappa shape index (κ3) is 3.94. The predicted octanol–water partition coefficient (Wildman–Crippen LogP) is 3.15.